The highest BCUT2D eigenvalue weighted by Gasteiger charge is 2.20. The van der Waals surface area contributed by atoms with E-state index < -0.39 is 0 Å². The summed E-state index contributed by atoms with van der Waals surface area (Å²) in [6, 6.07) is 3.23. The molecule has 0 spiro atoms. The first-order valence-corrected chi connectivity index (χ1v) is 6.29. The summed E-state index contributed by atoms with van der Waals surface area (Å²) in [6.07, 6.45) is 3.79. The predicted molar refractivity (Wildman–Crippen MR) is 69.9 cm³/mol. The van der Waals surface area contributed by atoms with Gasteiger partial charge in [-0.1, -0.05) is 11.6 Å². The summed E-state index contributed by atoms with van der Waals surface area (Å²) in [4.78, 5) is 17.4. The lowest BCUT2D eigenvalue weighted by molar-refractivity contribution is 0.0894. The molecular formula is C12H16ClN3O2. The Bertz CT molecular complexity index is 422. The van der Waals surface area contributed by atoms with Crippen molar-refractivity contribution in [1.29, 1.82) is 0 Å². The van der Waals surface area contributed by atoms with Gasteiger partial charge < -0.3 is 15.0 Å². The highest BCUT2D eigenvalue weighted by molar-refractivity contribution is 6.32. The number of carbonyl (C=O) groups is 1. The fourth-order valence-electron chi connectivity index (χ4n) is 1.87. The molecule has 18 heavy (non-hydrogen) atoms. The van der Waals surface area contributed by atoms with Crippen LogP contribution < -0.4 is 5.32 Å². The molecule has 1 saturated heterocycles. The van der Waals surface area contributed by atoms with Crippen molar-refractivity contribution in [3.8, 4) is 0 Å². The molecule has 2 amide bonds. The Labute approximate surface area is 111 Å². The average Bonchev–Trinajstić information content (AvgIpc) is 2.84. The first-order valence-electron chi connectivity index (χ1n) is 5.91. The molecule has 1 aliphatic rings. The van der Waals surface area contributed by atoms with Crippen molar-refractivity contribution in [3.63, 3.8) is 0 Å². The number of halogens is 1. The normalized spacial score (nSPS) is 18.7. The Balaban J connectivity index is 1.89. The smallest absolute Gasteiger partial charge is 0.321 e. The lowest BCUT2D eigenvalue weighted by Crippen LogP contribution is -2.37. The van der Waals surface area contributed by atoms with Gasteiger partial charge in [-0.2, -0.15) is 0 Å². The molecular weight excluding hydrogens is 254 g/mol. The SMILES string of the molecule is CN(CC1CCCO1)C(=O)Nc1cccnc1Cl. The number of pyridine rings is 1. The van der Waals surface area contributed by atoms with E-state index in [0.717, 1.165) is 19.4 Å². The van der Waals surface area contributed by atoms with E-state index in [1.807, 2.05) is 0 Å². The molecule has 1 aromatic rings. The molecule has 98 valence electrons. The fraction of sp³-hybridized carbons (Fsp3) is 0.500. The highest BCUT2D eigenvalue weighted by atomic mass is 35.5. The topological polar surface area (TPSA) is 54.5 Å². The minimum atomic E-state index is -0.208. The Kier molecular flexibility index (Phi) is 4.38. The van der Waals surface area contributed by atoms with Crippen LogP contribution in [-0.4, -0.2) is 42.2 Å². The number of ether oxygens (including phenoxy) is 1. The highest BCUT2D eigenvalue weighted by Crippen LogP contribution is 2.18. The van der Waals surface area contributed by atoms with Crippen molar-refractivity contribution in [2.75, 3.05) is 25.5 Å². The van der Waals surface area contributed by atoms with E-state index in [4.69, 9.17) is 16.3 Å². The molecule has 2 rings (SSSR count). The van der Waals surface area contributed by atoms with Crippen LogP contribution in [0.5, 0.6) is 0 Å². The number of anilines is 1. The molecule has 0 bridgehead atoms. The van der Waals surface area contributed by atoms with Crippen molar-refractivity contribution < 1.29 is 9.53 Å². The molecule has 1 atom stereocenters. The monoisotopic (exact) mass is 269 g/mol. The molecule has 1 N–H and O–H groups in total. The maximum absolute atomic E-state index is 11.9. The van der Waals surface area contributed by atoms with Crippen LogP contribution in [0.25, 0.3) is 0 Å². The second-order valence-corrected chi connectivity index (χ2v) is 4.65. The molecule has 1 aliphatic heterocycles. The number of hydrogen-bond donors (Lipinski definition) is 1. The molecule has 0 aromatic carbocycles. The van der Waals surface area contributed by atoms with Crippen LogP contribution in [0, 0.1) is 0 Å². The third-order valence-electron chi connectivity index (χ3n) is 2.85. The largest absolute Gasteiger partial charge is 0.376 e. The molecule has 0 saturated carbocycles. The van der Waals surface area contributed by atoms with E-state index in [-0.39, 0.29) is 17.3 Å². The van der Waals surface area contributed by atoms with E-state index in [1.54, 1.807) is 30.3 Å². The zero-order chi connectivity index (χ0) is 13.0. The number of carbonyl (C=O) groups excluding carboxylic acids is 1. The Hall–Kier alpha value is -1.33. The maximum atomic E-state index is 11.9. The number of amides is 2. The zero-order valence-corrected chi connectivity index (χ0v) is 11.0. The summed E-state index contributed by atoms with van der Waals surface area (Å²) in [7, 11) is 1.74. The van der Waals surface area contributed by atoms with Crippen LogP contribution in [0.15, 0.2) is 18.3 Å². The van der Waals surface area contributed by atoms with Gasteiger partial charge in [0.05, 0.1) is 11.8 Å². The van der Waals surface area contributed by atoms with Crippen LogP contribution in [0.3, 0.4) is 0 Å². The van der Waals surface area contributed by atoms with Crippen LogP contribution in [0.4, 0.5) is 10.5 Å². The summed E-state index contributed by atoms with van der Waals surface area (Å²) in [6.45, 7) is 1.37. The van der Waals surface area contributed by atoms with Gasteiger partial charge in [0.1, 0.15) is 0 Å². The van der Waals surface area contributed by atoms with Gasteiger partial charge in [-0.25, -0.2) is 9.78 Å². The minimum Gasteiger partial charge on any atom is -0.376 e. The summed E-state index contributed by atoms with van der Waals surface area (Å²) in [5, 5.41) is 3.01. The van der Waals surface area contributed by atoms with Crippen molar-refractivity contribution in [2.24, 2.45) is 0 Å². The molecule has 5 nitrogen and oxygen atoms in total. The lowest BCUT2D eigenvalue weighted by atomic mass is 10.2. The van der Waals surface area contributed by atoms with Gasteiger partial charge in [-0.3, -0.25) is 0 Å². The van der Waals surface area contributed by atoms with Crippen molar-refractivity contribution in [2.45, 2.75) is 18.9 Å². The Morgan fingerprint density at radius 2 is 2.56 bits per heavy atom. The van der Waals surface area contributed by atoms with E-state index in [2.05, 4.69) is 10.3 Å². The van der Waals surface area contributed by atoms with Gasteiger partial charge in [0.15, 0.2) is 5.15 Å². The third-order valence-corrected chi connectivity index (χ3v) is 3.15. The number of likely N-dealkylation sites (N-methyl/N-ethyl adjacent to an activating group) is 1. The predicted octanol–water partition coefficient (Wildman–Crippen LogP) is 2.38. The van der Waals surface area contributed by atoms with Gasteiger partial charge in [-0.05, 0) is 25.0 Å². The molecule has 0 aliphatic carbocycles. The second-order valence-electron chi connectivity index (χ2n) is 4.29. The zero-order valence-electron chi connectivity index (χ0n) is 10.2. The second kappa shape index (κ2) is 6.02. The Morgan fingerprint density at radius 1 is 1.72 bits per heavy atom. The Morgan fingerprint density at radius 3 is 3.22 bits per heavy atom. The number of nitrogens with zero attached hydrogens (tertiary/aromatic N) is 2. The number of aromatic nitrogens is 1. The fourth-order valence-corrected chi connectivity index (χ4v) is 2.03. The summed E-state index contributed by atoms with van der Waals surface area (Å²) < 4.78 is 5.49. The number of nitrogens with one attached hydrogen (secondary N) is 1. The van der Waals surface area contributed by atoms with Gasteiger partial charge in [-0.15, -0.1) is 0 Å². The van der Waals surface area contributed by atoms with Crippen molar-refractivity contribution in [1.82, 2.24) is 9.88 Å². The lowest BCUT2D eigenvalue weighted by Gasteiger charge is -2.21. The molecule has 1 unspecified atom stereocenters. The van der Waals surface area contributed by atoms with E-state index in [0.29, 0.717) is 12.2 Å². The van der Waals surface area contributed by atoms with Crippen LogP contribution in [0.2, 0.25) is 5.15 Å². The maximum Gasteiger partial charge on any atom is 0.321 e. The van der Waals surface area contributed by atoms with Gasteiger partial charge in [0, 0.05) is 26.4 Å². The van der Waals surface area contributed by atoms with Crippen LogP contribution >= 0.6 is 11.6 Å². The minimum absolute atomic E-state index is 0.144. The van der Waals surface area contributed by atoms with Gasteiger partial charge in [0.2, 0.25) is 0 Å². The molecule has 1 aromatic heterocycles. The summed E-state index contributed by atoms with van der Waals surface area (Å²) >= 11 is 5.87. The number of urea groups is 1. The van der Waals surface area contributed by atoms with Crippen LogP contribution in [-0.2, 0) is 4.74 Å². The first kappa shape index (κ1) is 13.1. The van der Waals surface area contributed by atoms with E-state index >= 15 is 0 Å². The third kappa shape index (κ3) is 3.34. The standard InChI is InChI=1S/C12H16ClN3O2/c1-16(8-9-4-3-7-18-9)12(17)15-10-5-2-6-14-11(10)13/h2,5-6,9H,3-4,7-8H2,1H3,(H,15,17). The van der Waals surface area contributed by atoms with Gasteiger partial charge in [0.25, 0.3) is 0 Å². The summed E-state index contributed by atoms with van der Waals surface area (Å²) in [5.74, 6) is 0. The number of rotatable bonds is 3. The first-order chi connectivity index (χ1) is 8.66. The number of hydrogen-bond acceptors (Lipinski definition) is 3. The summed E-state index contributed by atoms with van der Waals surface area (Å²) in [5.41, 5.74) is 0.517. The molecule has 0 radical (unpaired) electrons. The van der Waals surface area contributed by atoms with E-state index in [1.165, 1.54) is 0 Å². The van der Waals surface area contributed by atoms with E-state index in [9.17, 15) is 4.79 Å². The molecule has 2 heterocycles. The van der Waals surface area contributed by atoms with Crippen molar-refractivity contribution in [3.05, 3.63) is 23.5 Å². The quantitative estimate of drug-likeness (QED) is 0.857. The van der Waals surface area contributed by atoms with Gasteiger partial charge >= 0.3 is 6.03 Å². The molecule has 6 heteroatoms. The van der Waals surface area contributed by atoms with Crippen LogP contribution in [0.1, 0.15) is 12.8 Å². The average molecular weight is 270 g/mol. The van der Waals surface area contributed by atoms with Crippen molar-refractivity contribution >= 4 is 23.3 Å². The molecule has 1 fully saturated rings.